The molecule has 0 saturated carbocycles. The minimum absolute atomic E-state index is 0.0967. The van der Waals surface area contributed by atoms with Gasteiger partial charge in [0, 0.05) is 5.39 Å². The second kappa shape index (κ2) is 5.19. The fourth-order valence-corrected chi connectivity index (χ4v) is 2.39. The fourth-order valence-electron chi connectivity index (χ4n) is 1.78. The van der Waals surface area contributed by atoms with Crippen LogP contribution in [0.15, 0.2) is 45.7 Å². The molecule has 0 aliphatic carbocycles. The molecule has 1 amide bonds. The molecule has 102 valence electrons. The van der Waals surface area contributed by atoms with E-state index in [9.17, 15) is 9.59 Å². The third kappa shape index (κ3) is 2.52. The number of nitrogens with zero attached hydrogens (tertiary/aromatic N) is 2. The zero-order valence-electron chi connectivity index (χ0n) is 10.5. The van der Waals surface area contributed by atoms with E-state index >= 15 is 0 Å². The maximum atomic E-state index is 12.1. The lowest BCUT2D eigenvalue weighted by molar-refractivity contribution is 0.102. The summed E-state index contributed by atoms with van der Waals surface area (Å²) < 4.78 is 5.10. The number of hydrogen-bond donors (Lipinski definition) is 1. The summed E-state index contributed by atoms with van der Waals surface area (Å²) in [6.45, 7) is 0. The smallest absolute Gasteiger partial charge is 0.349 e. The molecule has 0 saturated heterocycles. The Hall–Kier alpha value is -2.98. The molecule has 7 heteroatoms. The van der Waals surface area contributed by atoms with Crippen LogP contribution in [0.1, 0.15) is 15.4 Å². The molecule has 0 atom stereocenters. The van der Waals surface area contributed by atoms with Crippen molar-refractivity contribution in [3.63, 3.8) is 0 Å². The number of carbonyl (C=O) groups is 1. The maximum absolute atomic E-state index is 12.1. The van der Waals surface area contributed by atoms with E-state index < -0.39 is 11.5 Å². The van der Waals surface area contributed by atoms with Gasteiger partial charge < -0.3 is 9.73 Å². The van der Waals surface area contributed by atoms with Crippen molar-refractivity contribution in [3.8, 4) is 6.07 Å². The molecular weight excluding hydrogens is 290 g/mol. The second-order valence-corrected chi connectivity index (χ2v) is 5.11. The van der Waals surface area contributed by atoms with Gasteiger partial charge in [0.15, 0.2) is 5.01 Å². The van der Waals surface area contributed by atoms with Gasteiger partial charge in [-0.1, -0.05) is 29.5 Å². The lowest BCUT2D eigenvalue weighted by atomic mass is 10.2. The van der Waals surface area contributed by atoms with E-state index in [0.717, 1.165) is 11.3 Å². The number of nitriles is 1. The van der Waals surface area contributed by atoms with Crippen LogP contribution in [-0.4, -0.2) is 10.9 Å². The van der Waals surface area contributed by atoms with Crippen LogP contribution in [-0.2, 0) is 0 Å². The minimum atomic E-state index is -0.712. The molecule has 0 spiro atoms. The van der Waals surface area contributed by atoms with Gasteiger partial charge in [0.25, 0.3) is 5.91 Å². The van der Waals surface area contributed by atoms with Crippen molar-refractivity contribution in [1.29, 1.82) is 5.26 Å². The number of aromatic nitrogens is 1. The third-order valence-electron chi connectivity index (χ3n) is 2.72. The molecule has 6 nitrogen and oxygen atoms in total. The Morgan fingerprint density at radius 3 is 2.95 bits per heavy atom. The highest BCUT2D eigenvalue weighted by Crippen LogP contribution is 2.19. The van der Waals surface area contributed by atoms with Crippen molar-refractivity contribution >= 4 is 33.2 Å². The quantitative estimate of drug-likeness (QED) is 0.732. The van der Waals surface area contributed by atoms with Crippen LogP contribution in [0, 0.1) is 11.3 Å². The van der Waals surface area contributed by atoms with Crippen molar-refractivity contribution in [2.75, 3.05) is 5.32 Å². The number of amides is 1. The predicted molar refractivity (Wildman–Crippen MR) is 77.3 cm³/mol. The highest BCUT2D eigenvalue weighted by atomic mass is 32.1. The Morgan fingerprint density at radius 1 is 1.38 bits per heavy atom. The summed E-state index contributed by atoms with van der Waals surface area (Å²) in [5.74, 6) is -0.595. The molecule has 0 fully saturated rings. The van der Waals surface area contributed by atoms with Crippen LogP contribution in [0.4, 0.5) is 5.00 Å². The number of carbonyl (C=O) groups excluding carboxylic acids is 1. The van der Waals surface area contributed by atoms with Crippen molar-refractivity contribution in [1.82, 2.24) is 4.98 Å². The first-order valence-corrected chi connectivity index (χ1v) is 6.69. The van der Waals surface area contributed by atoms with E-state index in [1.807, 2.05) is 6.07 Å². The first-order chi connectivity index (χ1) is 10.2. The summed E-state index contributed by atoms with van der Waals surface area (Å²) in [6.07, 6.45) is 1.36. The molecule has 0 bridgehead atoms. The number of para-hydroxylation sites is 1. The van der Waals surface area contributed by atoms with E-state index in [0.29, 0.717) is 16.0 Å². The van der Waals surface area contributed by atoms with E-state index in [-0.39, 0.29) is 10.6 Å². The molecule has 0 aliphatic heterocycles. The summed E-state index contributed by atoms with van der Waals surface area (Å²) in [5, 5.41) is 12.5. The lowest BCUT2D eigenvalue weighted by Crippen LogP contribution is -2.20. The molecular formula is C14H7N3O3S. The van der Waals surface area contributed by atoms with Gasteiger partial charge in [-0.25, -0.2) is 9.78 Å². The molecule has 3 aromatic rings. The van der Waals surface area contributed by atoms with Gasteiger partial charge in [0.1, 0.15) is 22.2 Å². The Bertz CT molecular complexity index is 936. The van der Waals surface area contributed by atoms with Gasteiger partial charge in [0.05, 0.1) is 6.20 Å². The van der Waals surface area contributed by atoms with Gasteiger partial charge in [0.2, 0.25) is 0 Å². The average Bonchev–Trinajstić information content (AvgIpc) is 2.94. The lowest BCUT2D eigenvalue weighted by Gasteiger charge is -2.02. The standard InChI is InChI=1S/C14H7N3O3S/c15-6-11-16-7-12(21-11)17-13(18)9-5-8-3-1-2-4-10(8)20-14(9)19/h1-5,7H,(H,17,18). The molecule has 0 unspecified atom stereocenters. The van der Waals surface area contributed by atoms with Crippen LogP contribution < -0.4 is 10.9 Å². The number of benzene rings is 1. The summed E-state index contributed by atoms with van der Waals surface area (Å²) in [6, 6.07) is 10.3. The number of hydrogen-bond acceptors (Lipinski definition) is 6. The molecule has 2 aromatic heterocycles. The first kappa shape index (κ1) is 13.0. The van der Waals surface area contributed by atoms with Gasteiger partial charge >= 0.3 is 5.63 Å². The normalized spacial score (nSPS) is 10.2. The van der Waals surface area contributed by atoms with Crippen LogP contribution >= 0.6 is 11.3 Å². The Morgan fingerprint density at radius 2 is 2.19 bits per heavy atom. The Kier molecular flexibility index (Phi) is 3.22. The predicted octanol–water partition coefficient (Wildman–Crippen LogP) is 2.37. The minimum Gasteiger partial charge on any atom is -0.422 e. The summed E-state index contributed by atoms with van der Waals surface area (Å²) in [4.78, 5) is 27.7. The van der Waals surface area contributed by atoms with E-state index in [2.05, 4.69) is 10.3 Å². The van der Waals surface area contributed by atoms with Gasteiger partial charge in [-0.05, 0) is 12.1 Å². The summed E-state index contributed by atoms with van der Waals surface area (Å²) in [5.41, 5.74) is -0.388. The van der Waals surface area contributed by atoms with E-state index in [1.54, 1.807) is 24.3 Å². The number of fused-ring (bicyclic) bond motifs is 1. The topological polar surface area (TPSA) is 96.0 Å². The zero-order chi connectivity index (χ0) is 14.8. The average molecular weight is 297 g/mol. The SMILES string of the molecule is N#Cc1ncc(NC(=O)c2cc3ccccc3oc2=O)s1. The fraction of sp³-hybridized carbons (Fsp3) is 0. The Labute approximate surface area is 122 Å². The molecule has 2 heterocycles. The van der Waals surface area contributed by atoms with Gasteiger partial charge in [-0.2, -0.15) is 5.26 Å². The number of anilines is 1. The number of rotatable bonds is 2. The molecule has 21 heavy (non-hydrogen) atoms. The molecule has 0 aliphatic rings. The van der Waals surface area contributed by atoms with Crippen LogP contribution in [0.2, 0.25) is 0 Å². The first-order valence-electron chi connectivity index (χ1n) is 5.87. The van der Waals surface area contributed by atoms with E-state index in [1.165, 1.54) is 12.3 Å². The second-order valence-electron chi connectivity index (χ2n) is 4.08. The van der Waals surface area contributed by atoms with Crippen molar-refractivity contribution in [2.45, 2.75) is 0 Å². The zero-order valence-corrected chi connectivity index (χ0v) is 11.3. The van der Waals surface area contributed by atoms with Crippen LogP contribution in [0.3, 0.4) is 0 Å². The van der Waals surface area contributed by atoms with Crippen LogP contribution in [0.25, 0.3) is 11.0 Å². The molecule has 1 N–H and O–H groups in total. The van der Waals surface area contributed by atoms with Gasteiger partial charge in [-0.15, -0.1) is 0 Å². The summed E-state index contributed by atoms with van der Waals surface area (Å²) >= 11 is 1.03. The maximum Gasteiger partial charge on any atom is 0.349 e. The Balaban J connectivity index is 1.96. The molecule has 0 radical (unpaired) electrons. The van der Waals surface area contributed by atoms with Crippen LogP contribution in [0.5, 0.6) is 0 Å². The monoisotopic (exact) mass is 297 g/mol. The van der Waals surface area contributed by atoms with Crippen molar-refractivity contribution in [2.24, 2.45) is 0 Å². The number of thiazole rings is 1. The summed E-state index contributed by atoms with van der Waals surface area (Å²) in [7, 11) is 0. The molecule has 3 rings (SSSR count). The largest absolute Gasteiger partial charge is 0.422 e. The number of nitrogens with one attached hydrogen (secondary N) is 1. The highest BCUT2D eigenvalue weighted by Gasteiger charge is 2.15. The van der Waals surface area contributed by atoms with Gasteiger partial charge in [-0.3, -0.25) is 4.79 Å². The highest BCUT2D eigenvalue weighted by molar-refractivity contribution is 7.16. The molecule has 1 aromatic carbocycles. The van der Waals surface area contributed by atoms with E-state index in [4.69, 9.17) is 9.68 Å². The van der Waals surface area contributed by atoms with Crippen molar-refractivity contribution < 1.29 is 9.21 Å². The van der Waals surface area contributed by atoms with Crippen molar-refractivity contribution in [3.05, 3.63) is 57.5 Å². The third-order valence-corrected chi connectivity index (χ3v) is 3.54.